The van der Waals surface area contributed by atoms with E-state index in [9.17, 15) is 5.11 Å². The van der Waals surface area contributed by atoms with Gasteiger partial charge in [0.15, 0.2) is 14.1 Å². The quantitative estimate of drug-likeness (QED) is 0.401. The maximum atomic E-state index is 10.5. The Morgan fingerprint density at radius 2 is 1.69 bits per heavy atom. The van der Waals surface area contributed by atoms with Crippen molar-refractivity contribution >= 4 is 8.32 Å². The molecule has 1 heterocycles. The van der Waals surface area contributed by atoms with Crippen LogP contribution in [0.15, 0.2) is 11.6 Å². The fourth-order valence-corrected chi connectivity index (χ4v) is 9.47. The highest BCUT2D eigenvalue weighted by atomic mass is 28.4. The molecule has 0 aromatic heterocycles. The van der Waals surface area contributed by atoms with E-state index in [0.717, 1.165) is 19.3 Å². The molecule has 1 spiro atoms. The first-order valence-corrected chi connectivity index (χ1v) is 16.1. The summed E-state index contributed by atoms with van der Waals surface area (Å²) in [5.74, 6) is 0.934. The highest BCUT2D eigenvalue weighted by Gasteiger charge is 2.67. The second-order valence-corrected chi connectivity index (χ2v) is 18.4. The molecule has 1 N–H and O–H groups in total. The van der Waals surface area contributed by atoms with E-state index in [1.807, 2.05) is 0 Å². The number of fused-ring (bicyclic) bond motifs is 6. The van der Waals surface area contributed by atoms with Gasteiger partial charge in [-0.25, -0.2) is 0 Å². The molecule has 1 saturated heterocycles. The largest absolute Gasteiger partial charge is 0.413 e. The van der Waals surface area contributed by atoms with Crippen molar-refractivity contribution in [2.45, 2.75) is 116 Å². The normalized spacial score (nSPS) is 45.9. The minimum absolute atomic E-state index is 0.171. The topological polar surface area (TPSA) is 47.9 Å². The van der Waals surface area contributed by atoms with Crippen LogP contribution >= 0.6 is 0 Å². The van der Waals surface area contributed by atoms with Crippen molar-refractivity contribution in [1.82, 2.24) is 0 Å². The Bertz CT molecular complexity index is 779. The van der Waals surface area contributed by atoms with Crippen molar-refractivity contribution in [2.24, 2.45) is 28.6 Å². The SMILES string of the molecule is CC(C)(C)[Si](C)(C)O[C@H]1CC[C@H]2[C@H]3[C@H](CC[C@]12C)[C@@]1(C)CCC(O)CC1=CC31OCCO1. The van der Waals surface area contributed by atoms with Gasteiger partial charge in [-0.1, -0.05) is 40.2 Å². The molecule has 0 aromatic carbocycles. The second-order valence-electron chi connectivity index (χ2n) is 13.6. The highest BCUT2D eigenvalue weighted by Crippen LogP contribution is 2.68. The summed E-state index contributed by atoms with van der Waals surface area (Å²) < 4.78 is 20.1. The van der Waals surface area contributed by atoms with E-state index in [4.69, 9.17) is 13.9 Å². The summed E-state index contributed by atoms with van der Waals surface area (Å²) in [6, 6.07) is 0. The summed E-state index contributed by atoms with van der Waals surface area (Å²) in [5, 5.41) is 10.7. The molecule has 182 valence electrons. The molecule has 4 fully saturated rings. The third-order valence-corrected chi connectivity index (χ3v) is 15.5. The van der Waals surface area contributed by atoms with Crippen molar-refractivity contribution in [3.05, 3.63) is 11.6 Å². The lowest BCUT2D eigenvalue weighted by molar-refractivity contribution is -0.233. The molecule has 1 unspecified atom stereocenters. The number of ether oxygens (including phenoxy) is 2. The zero-order valence-corrected chi connectivity index (χ0v) is 22.5. The average molecular weight is 463 g/mol. The molecule has 7 atom stereocenters. The molecule has 3 saturated carbocycles. The Morgan fingerprint density at radius 1 is 1.00 bits per heavy atom. The Labute approximate surface area is 196 Å². The third kappa shape index (κ3) is 3.28. The zero-order chi connectivity index (χ0) is 23.2. The lowest BCUT2D eigenvalue weighted by Crippen LogP contribution is -2.61. The van der Waals surface area contributed by atoms with E-state index in [1.54, 1.807) is 0 Å². The Hall–Kier alpha value is -0.203. The van der Waals surface area contributed by atoms with Gasteiger partial charge in [0.05, 0.1) is 25.4 Å². The van der Waals surface area contributed by atoms with Crippen molar-refractivity contribution in [3.63, 3.8) is 0 Å². The van der Waals surface area contributed by atoms with Crippen LogP contribution in [0.25, 0.3) is 0 Å². The number of rotatable bonds is 2. The smallest absolute Gasteiger partial charge is 0.192 e. The minimum Gasteiger partial charge on any atom is -0.413 e. The van der Waals surface area contributed by atoms with E-state index in [2.05, 4.69) is 53.8 Å². The van der Waals surface area contributed by atoms with Gasteiger partial charge in [0.2, 0.25) is 0 Å². The predicted octanol–water partition coefficient (Wildman–Crippen LogP) is 6.05. The van der Waals surface area contributed by atoms with Gasteiger partial charge in [-0.3, -0.25) is 0 Å². The van der Waals surface area contributed by atoms with Gasteiger partial charge >= 0.3 is 0 Å². The first kappa shape index (κ1) is 23.5. The van der Waals surface area contributed by atoms with Crippen LogP contribution in [0, 0.1) is 28.6 Å². The molecule has 0 amide bonds. The molecule has 5 heteroatoms. The van der Waals surface area contributed by atoms with Crippen molar-refractivity contribution in [3.8, 4) is 0 Å². The molecule has 0 radical (unpaired) electrons. The summed E-state index contributed by atoms with van der Waals surface area (Å²) in [5.41, 5.74) is 1.76. The molecule has 0 bridgehead atoms. The van der Waals surface area contributed by atoms with Gasteiger partial charge in [0, 0.05) is 5.92 Å². The first-order valence-electron chi connectivity index (χ1n) is 13.2. The minimum atomic E-state index is -1.83. The molecule has 4 aliphatic carbocycles. The number of aliphatic hydroxyl groups is 1. The zero-order valence-electron chi connectivity index (χ0n) is 21.5. The molecule has 5 rings (SSSR count). The van der Waals surface area contributed by atoms with E-state index in [0.29, 0.717) is 37.1 Å². The average Bonchev–Trinajstić information content (AvgIpc) is 3.28. The predicted molar refractivity (Wildman–Crippen MR) is 130 cm³/mol. The Morgan fingerprint density at radius 3 is 2.34 bits per heavy atom. The van der Waals surface area contributed by atoms with Crippen LogP contribution < -0.4 is 0 Å². The first-order chi connectivity index (χ1) is 14.8. The molecule has 32 heavy (non-hydrogen) atoms. The molecular weight excluding hydrogens is 416 g/mol. The summed E-state index contributed by atoms with van der Waals surface area (Å²) in [4.78, 5) is 0. The Balaban J connectivity index is 1.51. The van der Waals surface area contributed by atoms with Gasteiger partial charge < -0.3 is 19.0 Å². The van der Waals surface area contributed by atoms with E-state index in [1.165, 1.54) is 31.3 Å². The Kier molecular flexibility index (Phi) is 5.44. The molecule has 4 nitrogen and oxygen atoms in total. The summed E-state index contributed by atoms with van der Waals surface area (Å²) in [7, 11) is -1.83. The number of aliphatic hydroxyl groups excluding tert-OH is 1. The molecule has 5 aliphatic rings. The van der Waals surface area contributed by atoms with Crippen LogP contribution in [-0.4, -0.2) is 44.6 Å². The standard InChI is InChI=1S/C27H46O4Si/c1-24(2,3)32(6,7)31-22-9-8-20-23-21(11-13-26(20,22)5)25(4)12-10-19(28)16-18(25)17-27(23)29-14-15-30-27/h17,19-23,28H,8-16H2,1-7H3/t19?,20-,21-,22-,23-,25-,26-/m0/s1. The van der Waals surface area contributed by atoms with Gasteiger partial charge in [0.1, 0.15) is 0 Å². The lowest BCUT2D eigenvalue weighted by atomic mass is 9.46. The van der Waals surface area contributed by atoms with Crippen LogP contribution in [0.3, 0.4) is 0 Å². The van der Waals surface area contributed by atoms with Crippen molar-refractivity contribution in [1.29, 1.82) is 0 Å². The van der Waals surface area contributed by atoms with E-state index < -0.39 is 14.1 Å². The van der Waals surface area contributed by atoms with Gasteiger partial charge in [-0.05, 0) is 91.8 Å². The third-order valence-electron chi connectivity index (χ3n) is 11.0. The van der Waals surface area contributed by atoms with Crippen molar-refractivity contribution in [2.75, 3.05) is 13.2 Å². The van der Waals surface area contributed by atoms with Crippen LogP contribution in [0.5, 0.6) is 0 Å². The van der Waals surface area contributed by atoms with Crippen molar-refractivity contribution < 1.29 is 19.0 Å². The molecule has 0 aromatic rings. The van der Waals surface area contributed by atoms with Crippen LogP contribution in [0.2, 0.25) is 18.1 Å². The van der Waals surface area contributed by atoms with Crippen LogP contribution in [-0.2, 0) is 13.9 Å². The van der Waals surface area contributed by atoms with Crippen LogP contribution in [0.1, 0.15) is 79.6 Å². The maximum absolute atomic E-state index is 10.5. The number of hydrogen-bond donors (Lipinski definition) is 1. The molecular formula is C27H46O4Si. The van der Waals surface area contributed by atoms with Gasteiger partial charge in [0.25, 0.3) is 0 Å². The fraction of sp³-hybridized carbons (Fsp3) is 0.926. The maximum Gasteiger partial charge on any atom is 0.192 e. The van der Waals surface area contributed by atoms with E-state index >= 15 is 0 Å². The van der Waals surface area contributed by atoms with Crippen LogP contribution in [0.4, 0.5) is 0 Å². The van der Waals surface area contributed by atoms with Gasteiger partial charge in [-0.15, -0.1) is 0 Å². The fourth-order valence-electron chi connectivity index (χ4n) is 8.02. The van der Waals surface area contributed by atoms with Gasteiger partial charge in [-0.2, -0.15) is 0 Å². The lowest BCUT2D eigenvalue weighted by Gasteiger charge is -2.61. The summed E-state index contributed by atoms with van der Waals surface area (Å²) in [6.07, 6.45) is 10.1. The summed E-state index contributed by atoms with van der Waals surface area (Å²) in [6.45, 7) is 18.2. The highest BCUT2D eigenvalue weighted by molar-refractivity contribution is 6.74. The van der Waals surface area contributed by atoms with E-state index in [-0.39, 0.29) is 22.0 Å². The summed E-state index contributed by atoms with van der Waals surface area (Å²) >= 11 is 0. The number of hydrogen-bond acceptors (Lipinski definition) is 4. The molecule has 1 aliphatic heterocycles. The second kappa shape index (κ2) is 7.40. The monoisotopic (exact) mass is 462 g/mol.